The molecule has 1 unspecified atom stereocenters. The van der Waals surface area contributed by atoms with Crippen LogP contribution in [0.5, 0.6) is 11.5 Å². The van der Waals surface area contributed by atoms with Crippen molar-refractivity contribution in [3.05, 3.63) is 64.8 Å². The summed E-state index contributed by atoms with van der Waals surface area (Å²) < 4.78 is 12.5. The van der Waals surface area contributed by atoms with E-state index in [-0.39, 0.29) is 18.1 Å². The summed E-state index contributed by atoms with van der Waals surface area (Å²) in [6.07, 6.45) is 0.0351. The van der Waals surface area contributed by atoms with E-state index in [1.54, 1.807) is 22.9 Å². The van der Waals surface area contributed by atoms with Gasteiger partial charge in [0.05, 0.1) is 31.5 Å². The number of hydrogen-bond acceptors (Lipinski definition) is 5. The maximum absolute atomic E-state index is 13.6. The molecule has 0 saturated carbocycles. The summed E-state index contributed by atoms with van der Waals surface area (Å²) in [6, 6.07) is 13.0. The second-order valence-corrected chi connectivity index (χ2v) is 7.31. The zero-order valence-electron chi connectivity index (χ0n) is 17.4. The smallest absolute Gasteiger partial charge is 0.226 e. The number of nitrogens with one attached hydrogen (secondary N) is 1. The molecule has 0 fully saturated rings. The van der Waals surface area contributed by atoms with Gasteiger partial charge < -0.3 is 14.8 Å². The maximum atomic E-state index is 13.6. The molecule has 0 saturated heterocycles. The fourth-order valence-corrected chi connectivity index (χ4v) is 3.99. The molecule has 1 amide bonds. The highest BCUT2D eigenvalue weighted by molar-refractivity contribution is 6.10. The molecule has 30 heavy (non-hydrogen) atoms. The summed E-state index contributed by atoms with van der Waals surface area (Å²) in [5, 5.41) is 7.54. The molecule has 4 rings (SSSR count). The van der Waals surface area contributed by atoms with Crippen LogP contribution in [-0.4, -0.2) is 35.7 Å². The highest BCUT2D eigenvalue weighted by atomic mass is 16.5. The number of ether oxygens (including phenoxy) is 2. The molecular weight excluding hydrogens is 382 g/mol. The van der Waals surface area contributed by atoms with Gasteiger partial charge in [-0.25, -0.2) is 4.68 Å². The first-order chi connectivity index (χ1) is 14.4. The van der Waals surface area contributed by atoms with E-state index in [0.29, 0.717) is 34.1 Å². The Morgan fingerprint density at radius 1 is 1.10 bits per heavy atom. The predicted molar refractivity (Wildman–Crippen MR) is 113 cm³/mol. The summed E-state index contributed by atoms with van der Waals surface area (Å²) in [6.45, 7) is 3.84. The standard InChI is InChI=1S/C23H23N3O4/c1-13-7-5-8-15(11-13)26-23-20(14(2)25-26)16(12-19(27)24-23)22(28)21-17(29-3)9-6-10-18(21)30-4/h5-11,16H,12H2,1-4H3,(H,24,27). The Bertz CT molecular complexity index is 1130. The minimum absolute atomic E-state index is 0.0351. The number of rotatable bonds is 5. The fraction of sp³-hybridized carbons (Fsp3) is 0.261. The lowest BCUT2D eigenvalue weighted by molar-refractivity contribution is -0.116. The van der Waals surface area contributed by atoms with Gasteiger partial charge in [0, 0.05) is 12.0 Å². The number of carbonyl (C=O) groups is 2. The van der Waals surface area contributed by atoms with E-state index in [9.17, 15) is 9.59 Å². The number of Topliss-reactive ketones (excluding diaryl/α,β-unsaturated/α-hetero) is 1. The van der Waals surface area contributed by atoms with E-state index in [1.807, 2.05) is 38.1 Å². The molecule has 0 spiro atoms. The zero-order valence-corrected chi connectivity index (χ0v) is 17.4. The van der Waals surface area contributed by atoms with Crippen LogP contribution in [0.25, 0.3) is 5.69 Å². The molecule has 0 bridgehead atoms. The van der Waals surface area contributed by atoms with Crippen molar-refractivity contribution in [3.8, 4) is 17.2 Å². The number of ketones is 1. The van der Waals surface area contributed by atoms with Crippen molar-refractivity contribution in [2.75, 3.05) is 19.5 Å². The molecule has 0 radical (unpaired) electrons. The van der Waals surface area contributed by atoms with Gasteiger partial charge in [0.25, 0.3) is 0 Å². The van der Waals surface area contributed by atoms with E-state index in [2.05, 4.69) is 10.4 Å². The SMILES string of the molecule is COc1cccc(OC)c1C(=O)C1CC(=O)Nc2c1c(C)nn2-c1cccc(C)c1. The van der Waals surface area contributed by atoms with Gasteiger partial charge >= 0.3 is 0 Å². The van der Waals surface area contributed by atoms with E-state index in [0.717, 1.165) is 11.3 Å². The van der Waals surface area contributed by atoms with E-state index < -0.39 is 5.92 Å². The largest absolute Gasteiger partial charge is 0.496 e. The van der Waals surface area contributed by atoms with Crippen LogP contribution in [0.15, 0.2) is 42.5 Å². The molecule has 1 aromatic heterocycles. The summed E-state index contributed by atoms with van der Waals surface area (Å²) in [7, 11) is 3.01. The monoisotopic (exact) mass is 405 g/mol. The average molecular weight is 405 g/mol. The van der Waals surface area contributed by atoms with Crippen LogP contribution in [-0.2, 0) is 4.79 Å². The van der Waals surface area contributed by atoms with Crippen molar-refractivity contribution in [2.45, 2.75) is 26.2 Å². The minimum Gasteiger partial charge on any atom is -0.496 e. The van der Waals surface area contributed by atoms with Crippen molar-refractivity contribution in [2.24, 2.45) is 0 Å². The van der Waals surface area contributed by atoms with Gasteiger partial charge in [-0.3, -0.25) is 9.59 Å². The lowest BCUT2D eigenvalue weighted by Crippen LogP contribution is -2.29. The highest BCUT2D eigenvalue weighted by Gasteiger charge is 2.38. The number of aryl methyl sites for hydroxylation is 2. The van der Waals surface area contributed by atoms with Crippen LogP contribution in [0.4, 0.5) is 5.82 Å². The molecule has 1 atom stereocenters. The van der Waals surface area contributed by atoms with Crippen LogP contribution >= 0.6 is 0 Å². The summed E-state index contributed by atoms with van der Waals surface area (Å²) in [5.74, 6) is 0.209. The first kappa shape index (κ1) is 19.7. The van der Waals surface area contributed by atoms with E-state index in [4.69, 9.17) is 9.47 Å². The van der Waals surface area contributed by atoms with Gasteiger partial charge in [-0.2, -0.15) is 5.10 Å². The van der Waals surface area contributed by atoms with Crippen molar-refractivity contribution in [1.82, 2.24) is 9.78 Å². The number of methoxy groups -OCH3 is 2. The zero-order chi connectivity index (χ0) is 21.4. The number of anilines is 1. The van der Waals surface area contributed by atoms with Gasteiger partial charge in [0.15, 0.2) is 5.78 Å². The van der Waals surface area contributed by atoms with Crippen LogP contribution < -0.4 is 14.8 Å². The molecule has 3 aromatic rings. The molecule has 7 heteroatoms. The molecule has 2 heterocycles. The number of amides is 1. The van der Waals surface area contributed by atoms with Crippen molar-refractivity contribution < 1.29 is 19.1 Å². The number of aromatic nitrogens is 2. The minimum atomic E-state index is -0.683. The average Bonchev–Trinajstić information content (AvgIpc) is 3.08. The lowest BCUT2D eigenvalue weighted by Gasteiger charge is -2.24. The van der Waals surface area contributed by atoms with Crippen LogP contribution in [0, 0.1) is 13.8 Å². The van der Waals surface area contributed by atoms with Gasteiger partial charge in [-0.05, 0) is 43.7 Å². The molecule has 7 nitrogen and oxygen atoms in total. The molecule has 1 aliphatic heterocycles. The Balaban J connectivity index is 1.86. The summed E-state index contributed by atoms with van der Waals surface area (Å²) in [5.41, 5.74) is 3.63. The fourth-order valence-electron chi connectivity index (χ4n) is 3.99. The Labute approximate surface area is 174 Å². The number of benzene rings is 2. The van der Waals surface area contributed by atoms with Crippen molar-refractivity contribution >= 4 is 17.5 Å². The van der Waals surface area contributed by atoms with E-state index in [1.165, 1.54) is 14.2 Å². The van der Waals surface area contributed by atoms with Gasteiger partial charge in [0.2, 0.25) is 5.91 Å². The molecule has 1 N–H and O–H groups in total. The molecule has 1 aliphatic rings. The Hall–Kier alpha value is -3.61. The van der Waals surface area contributed by atoms with Crippen LogP contribution in [0.1, 0.15) is 39.5 Å². The Morgan fingerprint density at radius 3 is 2.40 bits per heavy atom. The number of carbonyl (C=O) groups excluding carboxylic acids is 2. The second-order valence-electron chi connectivity index (χ2n) is 7.31. The first-order valence-electron chi connectivity index (χ1n) is 9.66. The topological polar surface area (TPSA) is 82.4 Å². The van der Waals surface area contributed by atoms with Crippen molar-refractivity contribution in [1.29, 1.82) is 0 Å². The number of fused-ring (bicyclic) bond motifs is 1. The molecule has 0 aliphatic carbocycles. The van der Waals surface area contributed by atoms with Gasteiger partial charge in [-0.15, -0.1) is 0 Å². The number of nitrogens with zero attached hydrogens (tertiary/aromatic N) is 2. The third-order valence-electron chi connectivity index (χ3n) is 5.34. The van der Waals surface area contributed by atoms with Crippen molar-refractivity contribution in [3.63, 3.8) is 0 Å². The first-order valence-corrected chi connectivity index (χ1v) is 9.66. The van der Waals surface area contributed by atoms with Crippen LogP contribution in [0.3, 0.4) is 0 Å². The third-order valence-corrected chi connectivity index (χ3v) is 5.34. The van der Waals surface area contributed by atoms with Crippen LogP contribution in [0.2, 0.25) is 0 Å². The van der Waals surface area contributed by atoms with E-state index >= 15 is 0 Å². The Morgan fingerprint density at radius 2 is 1.77 bits per heavy atom. The third kappa shape index (κ3) is 3.22. The second kappa shape index (κ2) is 7.67. The molecule has 154 valence electrons. The normalized spacial score (nSPS) is 15.3. The summed E-state index contributed by atoms with van der Waals surface area (Å²) in [4.78, 5) is 26.2. The molecule has 2 aromatic carbocycles. The Kier molecular flexibility index (Phi) is 5.03. The van der Waals surface area contributed by atoms with Gasteiger partial charge in [0.1, 0.15) is 22.9 Å². The number of hydrogen-bond donors (Lipinski definition) is 1. The lowest BCUT2D eigenvalue weighted by atomic mass is 9.85. The van der Waals surface area contributed by atoms with Gasteiger partial charge in [-0.1, -0.05) is 18.2 Å². The summed E-state index contributed by atoms with van der Waals surface area (Å²) >= 11 is 0. The quantitative estimate of drug-likeness (QED) is 0.653. The predicted octanol–water partition coefficient (Wildman–Crippen LogP) is 3.82. The maximum Gasteiger partial charge on any atom is 0.226 e. The molecular formula is C23H23N3O4. The highest BCUT2D eigenvalue weighted by Crippen LogP contribution is 2.41.